The fourth-order valence-corrected chi connectivity index (χ4v) is 4.45. The molecule has 3 heteroatoms. The van der Waals surface area contributed by atoms with Crippen LogP contribution in [0.25, 0.3) is 0 Å². The second-order valence-electron chi connectivity index (χ2n) is 6.80. The van der Waals surface area contributed by atoms with Crippen molar-refractivity contribution in [2.45, 2.75) is 5.41 Å². The van der Waals surface area contributed by atoms with Crippen LogP contribution in [-0.4, -0.2) is 4.98 Å². The van der Waals surface area contributed by atoms with Gasteiger partial charge >= 0.3 is 0 Å². The molecule has 128 valence electrons. The minimum Gasteiger partial charge on any atom is -0.457 e. The van der Waals surface area contributed by atoms with Crippen LogP contribution in [0.3, 0.4) is 0 Å². The molecule has 3 nitrogen and oxygen atoms in total. The molecule has 2 aliphatic rings. The molecule has 0 atom stereocenters. The average Bonchev–Trinajstić information content (AvgIpc) is 2.73. The molecule has 4 aromatic rings. The number of benzene rings is 3. The maximum absolute atomic E-state index is 6.27. The zero-order chi connectivity index (χ0) is 17.8. The van der Waals surface area contributed by atoms with Crippen LogP contribution < -0.4 is 9.47 Å². The smallest absolute Gasteiger partial charge is 0.224 e. The second kappa shape index (κ2) is 5.21. The van der Waals surface area contributed by atoms with E-state index in [1.807, 2.05) is 42.5 Å². The number of nitrogens with zero attached hydrogens (tertiary/aromatic N) is 1. The third-order valence-corrected chi connectivity index (χ3v) is 5.47. The number of para-hydroxylation sites is 3. The van der Waals surface area contributed by atoms with E-state index in [9.17, 15) is 0 Å². The van der Waals surface area contributed by atoms with Gasteiger partial charge in [0, 0.05) is 28.5 Å². The van der Waals surface area contributed by atoms with Crippen molar-refractivity contribution in [3.8, 4) is 23.1 Å². The summed E-state index contributed by atoms with van der Waals surface area (Å²) in [5.74, 6) is 3.20. The standard InChI is InChI=1S/C24H15NO2/c1-4-12-20-16(8-1)24(17-9-2-5-13-21(17)26-20)18-10-3-6-14-22(18)27-23-19(24)11-7-15-25-23/h1-15H. The Hall–Kier alpha value is -3.59. The van der Waals surface area contributed by atoms with Gasteiger partial charge in [-0.1, -0.05) is 60.7 Å². The summed E-state index contributed by atoms with van der Waals surface area (Å²) in [5, 5.41) is 0. The Kier molecular flexibility index (Phi) is 2.81. The number of aromatic nitrogens is 1. The molecule has 27 heavy (non-hydrogen) atoms. The lowest BCUT2D eigenvalue weighted by Crippen LogP contribution is -2.37. The van der Waals surface area contributed by atoms with Crippen molar-refractivity contribution in [3.05, 3.63) is 113 Å². The lowest BCUT2D eigenvalue weighted by atomic mass is 9.63. The number of hydrogen-bond donors (Lipinski definition) is 0. The van der Waals surface area contributed by atoms with Gasteiger partial charge in [0.25, 0.3) is 0 Å². The Morgan fingerprint density at radius 2 is 1.00 bits per heavy atom. The predicted octanol–water partition coefficient (Wildman–Crippen LogP) is 5.68. The molecule has 0 radical (unpaired) electrons. The van der Waals surface area contributed by atoms with Gasteiger partial charge in [-0.05, 0) is 24.3 Å². The van der Waals surface area contributed by atoms with Gasteiger partial charge in [-0.15, -0.1) is 0 Å². The number of hydrogen-bond acceptors (Lipinski definition) is 3. The fourth-order valence-electron chi connectivity index (χ4n) is 4.45. The van der Waals surface area contributed by atoms with Gasteiger partial charge in [0.1, 0.15) is 17.2 Å². The molecule has 0 amide bonds. The quantitative estimate of drug-likeness (QED) is 0.354. The third kappa shape index (κ3) is 1.78. The van der Waals surface area contributed by atoms with Crippen molar-refractivity contribution in [1.29, 1.82) is 0 Å². The maximum Gasteiger partial charge on any atom is 0.224 e. The maximum atomic E-state index is 6.27. The molecule has 1 spiro atoms. The minimum absolute atomic E-state index is 0.524. The Balaban J connectivity index is 1.85. The summed E-state index contributed by atoms with van der Waals surface area (Å²) in [6.07, 6.45) is 1.78. The highest BCUT2D eigenvalue weighted by molar-refractivity contribution is 5.74. The molecule has 3 heterocycles. The van der Waals surface area contributed by atoms with Crippen LogP contribution in [0.5, 0.6) is 23.1 Å². The van der Waals surface area contributed by atoms with Crippen LogP contribution in [0.4, 0.5) is 0 Å². The molecule has 0 aliphatic carbocycles. The van der Waals surface area contributed by atoms with E-state index in [0.717, 1.165) is 39.5 Å². The van der Waals surface area contributed by atoms with Crippen molar-refractivity contribution < 1.29 is 9.47 Å². The number of rotatable bonds is 0. The van der Waals surface area contributed by atoms with Gasteiger partial charge in [0.15, 0.2) is 0 Å². The van der Waals surface area contributed by atoms with Crippen LogP contribution in [0.15, 0.2) is 91.1 Å². The van der Waals surface area contributed by atoms with Gasteiger partial charge in [0.05, 0.1) is 5.41 Å². The molecule has 3 aromatic carbocycles. The largest absolute Gasteiger partial charge is 0.457 e. The number of fused-ring (bicyclic) bond motifs is 8. The first kappa shape index (κ1) is 14.6. The normalized spacial score (nSPS) is 14.8. The molecule has 2 aliphatic heterocycles. The van der Waals surface area contributed by atoms with Gasteiger partial charge in [-0.3, -0.25) is 0 Å². The first-order chi connectivity index (χ1) is 13.4. The predicted molar refractivity (Wildman–Crippen MR) is 103 cm³/mol. The highest BCUT2D eigenvalue weighted by Gasteiger charge is 2.50. The first-order valence-corrected chi connectivity index (χ1v) is 8.99. The summed E-state index contributed by atoms with van der Waals surface area (Å²) in [5.41, 5.74) is 3.83. The van der Waals surface area contributed by atoms with Crippen LogP contribution >= 0.6 is 0 Å². The van der Waals surface area contributed by atoms with E-state index in [1.165, 1.54) is 0 Å². The van der Waals surface area contributed by atoms with Gasteiger partial charge < -0.3 is 9.47 Å². The van der Waals surface area contributed by atoms with E-state index >= 15 is 0 Å². The van der Waals surface area contributed by atoms with Crippen molar-refractivity contribution in [1.82, 2.24) is 4.98 Å². The van der Waals surface area contributed by atoms with Gasteiger partial charge in [-0.2, -0.15) is 0 Å². The van der Waals surface area contributed by atoms with Crippen LogP contribution in [0.1, 0.15) is 22.3 Å². The zero-order valence-electron chi connectivity index (χ0n) is 14.4. The molecule has 0 bridgehead atoms. The monoisotopic (exact) mass is 349 g/mol. The Bertz CT molecular complexity index is 1010. The molecule has 1 aromatic heterocycles. The minimum atomic E-state index is -0.524. The van der Waals surface area contributed by atoms with Crippen LogP contribution in [-0.2, 0) is 5.41 Å². The lowest BCUT2D eigenvalue weighted by Gasteiger charge is -2.44. The molecule has 6 rings (SSSR count). The topological polar surface area (TPSA) is 31.4 Å². The van der Waals surface area contributed by atoms with E-state index in [1.54, 1.807) is 6.20 Å². The van der Waals surface area contributed by atoms with E-state index in [0.29, 0.717) is 5.88 Å². The van der Waals surface area contributed by atoms with Crippen molar-refractivity contribution >= 4 is 0 Å². The Morgan fingerprint density at radius 1 is 0.519 bits per heavy atom. The summed E-state index contributed by atoms with van der Waals surface area (Å²) >= 11 is 0. The van der Waals surface area contributed by atoms with Crippen LogP contribution in [0.2, 0.25) is 0 Å². The second-order valence-corrected chi connectivity index (χ2v) is 6.80. The molecule has 0 saturated heterocycles. The molecular formula is C24H15NO2. The molecule has 0 fully saturated rings. The molecule has 0 saturated carbocycles. The first-order valence-electron chi connectivity index (χ1n) is 8.99. The highest BCUT2D eigenvalue weighted by atomic mass is 16.5. The highest BCUT2D eigenvalue weighted by Crippen LogP contribution is 2.60. The van der Waals surface area contributed by atoms with E-state index < -0.39 is 5.41 Å². The lowest BCUT2D eigenvalue weighted by molar-refractivity contribution is 0.389. The molecule has 0 unspecified atom stereocenters. The Labute approximate surface area is 156 Å². The summed E-state index contributed by atoms with van der Waals surface area (Å²) < 4.78 is 12.5. The average molecular weight is 349 g/mol. The summed E-state index contributed by atoms with van der Waals surface area (Å²) in [4.78, 5) is 4.55. The summed E-state index contributed by atoms with van der Waals surface area (Å²) in [6, 6.07) is 28.8. The Morgan fingerprint density at radius 3 is 1.59 bits per heavy atom. The number of ether oxygens (including phenoxy) is 2. The summed E-state index contributed by atoms with van der Waals surface area (Å²) in [6.45, 7) is 0. The molecular weight excluding hydrogens is 334 g/mol. The van der Waals surface area contributed by atoms with Gasteiger partial charge in [-0.25, -0.2) is 4.98 Å². The van der Waals surface area contributed by atoms with Crippen molar-refractivity contribution in [2.24, 2.45) is 0 Å². The van der Waals surface area contributed by atoms with E-state index in [4.69, 9.17) is 9.47 Å². The van der Waals surface area contributed by atoms with E-state index in [-0.39, 0.29) is 0 Å². The van der Waals surface area contributed by atoms with Crippen LogP contribution in [0, 0.1) is 0 Å². The van der Waals surface area contributed by atoms with E-state index in [2.05, 4.69) is 47.4 Å². The number of pyridine rings is 1. The third-order valence-electron chi connectivity index (χ3n) is 5.47. The SMILES string of the molecule is c1ccc2c(c1)Oc1ccccc1C21c2ccccc2Oc2ncccc21. The van der Waals surface area contributed by atoms with Gasteiger partial charge in [0.2, 0.25) is 5.88 Å². The fraction of sp³-hybridized carbons (Fsp3) is 0.0417. The summed E-state index contributed by atoms with van der Waals surface area (Å²) in [7, 11) is 0. The zero-order valence-corrected chi connectivity index (χ0v) is 14.4. The molecule has 0 N–H and O–H groups in total. The van der Waals surface area contributed by atoms with Crippen molar-refractivity contribution in [3.63, 3.8) is 0 Å². The van der Waals surface area contributed by atoms with Crippen molar-refractivity contribution in [2.75, 3.05) is 0 Å².